The van der Waals surface area contributed by atoms with Gasteiger partial charge in [-0.15, -0.1) is 0 Å². The summed E-state index contributed by atoms with van der Waals surface area (Å²) in [4.78, 5) is 15.5. The van der Waals surface area contributed by atoms with Crippen molar-refractivity contribution in [1.82, 2.24) is 9.38 Å². The van der Waals surface area contributed by atoms with Crippen molar-refractivity contribution in [2.24, 2.45) is 0 Å². The third-order valence-electron chi connectivity index (χ3n) is 3.03. The third kappa shape index (κ3) is 1.63. The van der Waals surface area contributed by atoms with Crippen LogP contribution in [-0.4, -0.2) is 26.6 Å². The molecule has 2 heterocycles. The number of carbonyl (C=O) groups is 1. The quantitative estimate of drug-likeness (QED) is 0.878. The van der Waals surface area contributed by atoms with Crippen molar-refractivity contribution >= 4 is 11.6 Å². The van der Waals surface area contributed by atoms with E-state index in [0.717, 1.165) is 19.3 Å². The lowest BCUT2D eigenvalue weighted by Crippen LogP contribution is -2.25. The zero-order valence-corrected chi connectivity index (χ0v) is 9.17. The SMILES string of the molecule is O=C(O)c1c(OC2CCC2)nc2ccccn12. The zero-order chi connectivity index (χ0) is 11.8. The Morgan fingerprint density at radius 2 is 2.29 bits per heavy atom. The topological polar surface area (TPSA) is 63.8 Å². The van der Waals surface area contributed by atoms with E-state index in [1.54, 1.807) is 18.3 Å². The van der Waals surface area contributed by atoms with Crippen molar-refractivity contribution in [1.29, 1.82) is 0 Å². The molecule has 88 valence electrons. The number of fused-ring (bicyclic) bond motifs is 1. The van der Waals surface area contributed by atoms with Gasteiger partial charge in [-0.25, -0.2) is 4.79 Å². The fourth-order valence-corrected chi connectivity index (χ4v) is 1.90. The molecule has 0 spiro atoms. The van der Waals surface area contributed by atoms with Gasteiger partial charge in [-0.1, -0.05) is 6.07 Å². The van der Waals surface area contributed by atoms with Gasteiger partial charge in [0.15, 0.2) is 5.69 Å². The molecular formula is C12H12N2O3. The van der Waals surface area contributed by atoms with Crippen LogP contribution >= 0.6 is 0 Å². The average Bonchev–Trinajstić information content (AvgIpc) is 2.61. The van der Waals surface area contributed by atoms with Gasteiger partial charge in [0, 0.05) is 6.20 Å². The maximum Gasteiger partial charge on any atom is 0.358 e. The molecular weight excluding hydrogens is 220 g/mol. The summed E-state index contributed by atoms with van der Waals surface area (Å²) < 4.78 is 7.15. The van der Waals surface area contributed by atoms with Crippen LogP contribution in [0.1, 0.15) is 29.8 Å². The molecule has 1 N–H and O–H groups in total. The summed E-state index contributed by atoms with van der Waals surface area (Å²) in [5.74, 6) is -0.786. The molecule has 17 heavy (non-hydrogen) atoms. The third-order valence-corrected chi connectivity index (χ3v) is 3.03. The van der Waals surface area contributed by atoms with Crippen LogP contribution in [0.3, 0.4) is 0 Å². The van der Waals surface area contributed by atoms with Crippen LogP contribution in [0.5, 0.6) is 5.88 Å². The molecule has 0 radical (unpaired) electrons. The van der Waals surface area contributed by atoms with Crippen LogP contribution in [0.25, 0.3) is 5.65 Å². The molecule has 0 bridgehead atoms. The van der Waals surface area contributed by atoms with Gasteiger partial charge in [-0.2, -0.15) is 4.98 Å². The van der Waals surface area contributed by atoms with E-state index in [4.69, 9.17) is 4.74 Å². The number of hydrogen-bond acceptors (Lipinski definition) is 3. The van der Waals surface area contributed by atoms with Gasteiger partial charge in [0.25, 0.3) is 0 Å². The van der Waals surface area contributed by atoms with Gasteiger partial charge >= 0.3 is 5.97 Å². The highest BCUT2D eigenvalue weighted by Gasteiger charge is 2.25. The van der Waals surface area contributed by atoms with Crippen molar-refractivity contribution in [3.8, 4) is 5.88 Å². The van der Waals surface area contributed by atoms with Gasteiger partial charge in [-0.3, -0.25) is 4.40 Å². The van der Waals surface area contributed by atoms with Crippen LogP contribution in [0.4, 0.5) is 0 Å². The Labute approximate surface area is 97.7 Å². The number of imidazole rings is 1. The molecule has 1 saturated carbocycles. The highest BCUT2D eigenvalue weighted by molar-refractivity contribution is 5.89. The number of aromatic carboxylic acids is 1. The van der Waals surface area contributed by atoms with Crippen LogP contribution in [0.2, 0.25) is 0 Å². The van der Waals surface area contributed by atoms with E-state index in [0.29, 0.717) is 5.65 Å². The summed E-state index contributed by atoms with van der Waals surface area (Å²) in [6.45, 7) is 0. The van der Waals surface area contributed by atoms with Gasteiger partial charge in [0.2, 0.25) is 5.88 Å². The fraction of sp³-hybridized carbons (Fsp3) is 0.333. The summed E-state index contributed by atoms with van der Waals surface area (Å²) >= 11 is 0. The number of hydrogen-bond donors (Lipinski definition) is 1. The Balaban J connectivity index is 2.08. The van der Waals surface area contributed by atoms with Crippen molar-refractivity contribution in [2.75, 3.05) is 0 Å². The predicted molar refractivity (Wildman–Crippen MR) is 60.4 cm³/mol. The minimum atomic E-state index is -1.02. The van der Waals surface area contributed by atoms with Crippen LogP contribution in [0.15, 0.2) is 24.4 Å². The van der Waals surface area contributed by atoms with Crippen molar-refractivity contribution in [3.63, 3.8) is 0 Å². The predicted octanol–water partition coefficient (Wildman–Crippen LogP) is 1.96. The second-order valence-electron chi connectivity index (χ2n) is 4.17. The lowest BCUT2D eigenvalue weighted by atomic mass is 9.96. The van der Waals surface area contributed by atoms with Crippen LogP contribution < -0.4 is 4.74 Å². The monoisotopic (exact) mass is 232 g/mol. The second kappa shape index (κ2) is 3.76. The molecule has 0 unspecified atom stereocenters. The number of rotatable bonds is 3. The standard InChI is InChI=1S/C12H12N2O3/c15-12(16)10-11(17-8-4-3-5-8)13-9-6-1-2-7-14(9)10/h1-2,6-8H,3-5H2,(H,15,16). The van der Waals surface area contributed by atoms with Crippen molar-refractivity contribution in [2.45, 2.75) is 25.4 Å². The first-order valence-corrected chi connectivity index (χ1v) is 5.63. The van der Waals surface area contributed by atoms with Gasteiger partial charge in [-0.05, 0) is 31.4 Å². The van der Waals surface area contributed by atoms with E-state index < -0.39 is 5.97 Å². The molecule has 0 aromatic carbocycles. The number of ether oxygens (including phenoxy) is 1. The Bertz CT molecular complexity index is 572. The summed E-state index contributed by atoms with van der Waals surface area (Å²) in [7, 11) is 0. The maximum atomic E-state index is 11.2. The first-order chi connectivity index (χ1) is 8.25. The number of pyridine rings is 1. The number of nitrogens with zero attached hydrogens (tertiary/aromatic N) is 2. The molecule has 0 saturated heterocycles. The largest absolute Gasteiger partial charge is 0.476 e. The second-order valence-corrected chi connectivity index (χ2v) is 4.17. The molecule has 5 heteroatoms. The molecule has 3 rings (SSSR count). The zero-order valence-electron chi connectivity index (χ0n) is 9.17. The molecule has 1 aliphatic rings. The highest BCUT2D eigenvalue weighted by atomic mass is 16.5. The Morgan fingerprint density at radius 3 is 2.94 bits per heavy atom. The molecule has 1 aliphatic carbocycles. The summed E-state index contributed by atoms with van der Waals surface area (Å²) in [5.41, 5.74) is 0.701. The summed E-state index contributed by atoms with van der Waals surface area (Å²) in [6.07, 6.45) is 4.90. The molecule has 2 aromatic heterocycles. The highest BCUT2D eigenvalue weighted by Crippen LogP contribution is 2.27. The molecule has 1 fully saturated rings. The van der Waals surface area contributed by atoms with E-state index in [9.17, 15) is 9.90 Å². The number of carboxylic acids is 1. The Kier molecular flexibility index (Phi) is 2.24. The maximum absolute atomic E-state index is 11.2. The molecule has 0 atom stereocenters. The van der Waals surface area contributed by atoms with Crippen molar-refractivity contribution in [3.05, 3.63) is 30.1 Å². The van der Waals surface area contributed by atoms with Gasteiger partial charge in [0.05, 0.1) is 0 Å². The minimum Gasteiger partial charge on any atom is -0.476 e. The van der Waals surface area contributed by atoms with Crippen LogP contribution in [-0.2, 0) is 0 Å². The molecule has 5 nitrogen and oxygen atoms in total. The average molecular weight is 232 g/mol. The molecule has 2 aromatic rings. The van der Waals surface area contributed by atoms with E-state index in [1.807, 2.05) is 6.07 Å². The molecule has 0 amide bonds. The van der Waals surface area contributed by atoms with E-state index in [-0.39, 0.29) is 17.7 Å². The van der Waals surface area contributed by atoms with Gasteiger partial charge < -0.3 is 9.84 Å². The minimum absolute atomic E-state index is 0.104. The van der Waals surface area contributed by atoms with E-state index in [1.165, 1.54) is 4.40 Å². The van der Waals surface area contributed by atoms with E-state index >= 15 is 0 Å². The first-order valence-electron chi connectivity index (χ1n) is 5.63. The Hall–Kier alpha value is -2.04. The van der Waals surface area contributed by atoms with Crippen LogP contribution in [0, 0.1) is 0 Å². The smallest absolute Gasteiger partial charge is 0.358 e. The summed E-state index contributed by atoms with van der Waals surface area (Å²) in [6, 6.07) is 5.36. The van der Waals surface area contributed by atoms with Gasteiger partial charge in [0.1, 0.15) is 11.8 Å². The number of carboxylic acid groups (broad SMARTS) is 1. The van der Waals surface area contributed by atoms with E-state index in [2.05, 4.69) is 4.98 Å². The lowest BCUT2D eigenvalue weighted by Gasteiger charge is -2.25. The summed E-state index contributed by atoms with van der Waals surface area (Å²) in [5, 5.41) is 9.22. The fourth-order valence-electron chi connectivity index (χ4n) is 1.90. The lowest BCUT2D eigenvalue weighted by molar-refractivity contribution is 0.0669. The number of aromatic nitrogens is 2. The Morgan fingerprint density at radius 1 is 1.47 bits per heavy atom. The normalized spacial score (nSPS) is 15.8. The molecule has 0 aliphatic heterocycles. The first kappa shape index (κ1) is 10.1. The van der Waals surface area contributed by atoms with Crippen molar-refractivity contribution < 1.29 is 14.6 Å².